The minimum Gasteiger partial charge on any atom is -0.481 e. The lowest BCUT2D eigenvalue weighted by Gasteiger charge is -2.09. The van der Waals surface area contributed by atoms with E-state index < -0.39 is 11.4 Å². The molecule has 0 bridgehead atoms. The first-order chi connectivity index (χ1) is 9.35. The molecule has 1 fully saturated rings. The van der Waals surface area contributed by atoms with Gasteiger partial charge in [0.1, 0.15) is 5.15 Å². The van der Waals surface area contributed by atoms with E-state index in [1.54, 1.807) is 20.0 Å². The Labute approximate surface area is 121 Å². The molecular formula is C13H16ClN3O3. The first kappa shape index (κ1) is 14.6. The van der Waals surface area contributed by atoms with Crippen molar-refractivity contribution < 1.29 is 14.7 Å². The Bertz CT molecular complexity index is 588. The van der Waals surface area contributed by atoms with Gasteiger partial charge in [-0.25, -0.2) is 0 Å². The van der Waals surface area contributed by atoms with Crippen molar-refractivity contribution in [3.05, 3.63) is 22.5 Å². The van der Waals surface area contributed by atoms with Gasteiger partial charge in [0.15, 0.2) is 0 Å². The number of nitrogens with one attached hydrogen (secondary N) is 1. The molecule has 0 aliphatic heterocycles. The summed E-state index contributed by atoms with van der Waals surface area (Å²) >= 11 is 6.04. The fourth-order valence-corrected chi connectivity index (χ4v) is 2.16. The van der Waals surface area contributed by atoms with Gasteiger partial charge >= 0.3 is 5.97 Å². The number of aliphatic carboxylic acids is 1. The third-order valence-electron chi connectivity index (χ3n) is 3.51. The van der Waals surface area contributed by atoms with Crippen molar-refractivity contribution in [3.63, 3.8) is 0 Å². The number of carbonyl (C=O) groups excluding carboxylic acids is 1. The number of carbonyl (C=O) groups is 2. The van der Waals surface area contributed by atoms with Gasteiger partial charge in [0.2, 0.25) is 5.91 Å². The molecular weight excluding hydrogens is 282 g/mol. The second-order valence-electron chi connectivity index (χ2n) is 5.05. The largest absolute Gasteiger partial charge is 0.481 e. The molecule has 6 nitrogen and oxygen atoms in total. The molecule has 1 aromatic heterocycles. The smallest absolute Gasteiger partial charge is 0.311 e. The summed E-state index contributed by atoms with van der Waals surface area (Å²) in [6, 6.07) is 0. The maximum atomic E-state index is 11.7. The van der Waals surface area contributed by atoms with E-state index in [0.29, 0.717) is 23.6 Å². The Hall–Kier alpha value is -1.82. The van der Waals surface area contributed by atoms with Gasteiger partial charge in [0.05, 0.1) is 11.1 Å². The molecule has 1 aromatic rings. The average Bonchev–Trinajstić information content (AvgIpc) is 3.12. The Kier molecular flexibility index (Phi) is 3.85. The van der Waals surface area contributed by atoms with Crippen LogP contribution in [-0.2, 0) is 16.6 Å². The van der Waals surface area contributed by atoms with Crippen LogP contribution in [0.2, 0.25) is 5.15 Å². The topological polar surface area (TPSA) is 84.2 Å². The summed E-state index contributed by atoms with van der Waals surface area (Å²) in [6.07, 6.45) is 4.15. The quantitative estimate of drug-likeness (QED) is 0.804. The van der Waals surface area contributed by atoms with Crippen molar-refractivity contribution in [2.24, 2.45) is 12.5 Å². The lowest BCUT2D eigenvalue weighted by atomic mass is 10.1. The summed E-state index contributed by atoms with van der Waals surface area (Å²) in [6.45, 7) is 1.96. The number of rotatable bonds is 5. The lowest BCUT2D eigenvalue weighted by Crippen LogP contribution is -2.33. The number of nitrogens with zero attached hydrogens (tertiary/aromatic N) is 2. The predicted molar refractivity (Wildman–Crippen MR) is 74.3 cm³/mol. The standard InChI is InChI=1S/C13H16ClN3O3/c1-8-9(11(14)17(2)16-8)3-4-10(18)15-7-13(5-6-13)12(19)20/h3-4H,5-7H2,1-2H3,(H,15,18)(H,19,20)/b4-3+. The Morgan fingerprint density at radius 1 is 1.55 bits per heavy atom. The number of hydrogen-bond donors (Lipinski definition) is 2. The molecule has 1 aliphatic carbocycles. The van der Waals surface area contributed by atoms with Crippen LogP contribution in [0, 0.1) is 12.3 Å². The molecule has 108 valence electrons. The summed E-state index contributed by atoms with van der Waals surface area (Å²) in [5, 5.41) is 16.2. The molecule has 2 rings (SSSR count). The number of carboxylic acid groups (broad SMARTS) is 1. The summed E-state index contributed by atoms with van der Waals surface area (Å²) < 4.78 is 1.53. The predicted octanol–water partition coefficient (Wildman–Crippen LogP) is 1.38. The minimum absolute atomic E-state index is 0.158. The lowest BCUT2D eigenvalue weighted by molar-refractivity contribution is -0.143. The fourth-order valence-electron chi connectivity index (χ4n) is 1.93. The maximum Gasteiger partial charge on any atom is 0.311 e. The van der Waals surface area contributed by atoms with Gasteiger partial charge in [-0.05, 0) is 25.8 Å². The van der Waals surface area contributed by atoms with Crippen molar-refractivity contribution in [1.29, 1.82) is 0 Å². The highest BCUT2D eigenvalue weighted by Gasteiger charge is 2.50. The SMILES string of the molecule is Cc1nn(C)c(Cl)c1/C=C/C(=O)NCC1(C(=O)O)CC1. The highest BCUT2D eigenvalue weighted by molar-refractivity contribution is 6.31. The van der Waals surface area contributed by atoms with E-state index >= 15 is 0 Å². The van der Waals surface area contributed by atoms with Crippen LogP contribution in [-0.4, -0.2) is 33.3 Å². The summed E-state index contributed by atoms with van der Waals surface area (Å²) in [7, 11) is 1.72. The Morgan fingerprint density at radius 2 is 2.20 bits per heavy atom. The number of halogens is 1. The summed E-state index contributed by atoms with van der Waals surface area (Å²) in [5.74, 6) is -1.19. The maximum absolute atomic E-state index is 11.7. The highest BCUT2D eigenvalue weighted by atomic mass is 35.5. The van der Waals surface area contributed by atoms with Gasteiger partial charge in [-0.15, -0.1) is 0 Å². The van der Waals surface area contributed by atoms with Gasteiger partial charge in [-0.2, -0.15) is 5.10 Å². The second-order valence-corrected chi connectivity index (χ2v) is 5.41. The van der Waals surface area contributed by atoms with Gasteiger partial charge in [-0.3, -0.25) is 14.3 Å². The van der Waals surface area contributed by atoms with Crippen LogP contribution in [0.4, 0.5) is 0 Å². The van der Waals surface area contributed by atoms with E-state index in [1.807, 2.05) is 0 Å². The second kappa shape index (κ2) is 5.28. The van der Waals surface area contributed by atoms with E-state index in [4.69, 9.17) is 16.7 Å². The monoisotopic (exact) mass is 297 g/mol. The molecule has 0 unspecified atom stereocenters. The van der Waals surface area contributed by atoms with E-state index in [-0.39, 0.29) is 12.5 Å². The molecule has 0 spiro atoms. The van der Waals surface area contributed by atoms with Gasteiger partial charge in [0, 0.05) is 25.2 Å². The first-order valence-electron chi connectivity index (χ1n) is 6.24. The van der Waals surface area contributed by atoms with Crippen LogP contribution in [0.3, 0.4) is 0 Å². The van der Waals surface area contributed by atoms with E-state index in [0.717, 1.165) is 5.69 Å². The molecule has 20 heavy (non-hydrogen) atoms. The highest BCUT2D eigenvalue weighted by Crippen LogP contribution is 2.45. The molecule has 1 heterocycles. The zero-order valence-electron chi connectivity index (χ0n) is 11.3. The van der Waals surface area contributed by atoms with E-state index in [2.05, 4.69) is 10.4 Å². The molecule has 0 radical (unpaired) electrons. The average molecular weight is 298 g/mol. The van der Waals surface area contributed by atoms with Crippen LogP contribution in [0.15, 0.2) is 6.08 Å². The van der Waals surface area contributed by atoms with Crippen LogP contribution < -0.4 is 5.32 Å². The normalized spacial score (nSPS) is 16.4. The minimum atomic E-state index is -0.854. The van der Waals surface area contributed by atoms with E-state index in [9.17, 15) is 9.59 Å². The van der Waals surface area contributed by atoms with Crippen molar-refractivity contribution in [2.75, 3.05) is 6.54 Å². The van der Waals surface area contributed by atoms with Crippen LogP contribution in [0.5, 0.6) is 0 Å². The van der Waals surface area contributed by atoms with Crippen LogP contribution in [0.25, 0.3) is 6.08 Å². The van der Waals surface area contributed by atoms with Crippen LogP contribution in [0.1, 0.15) is 24.1 Å². The molecule has 0 atom stereocenters. The van der Waals surface area contributed by atoms with Crippen molar-refractivity contribution >= 4 is 29.6 Å². The van der Waals surface area contributed by atoms with Gasteiger partial charge < -0.3 is 10.4 Å². The molecule has 1 amide bonds. The molecule has 7 heteroatoms. The summed E-state index contributed by atoms with van der Waals surface area (Å²) in [4.78, 5) is 22.7. The number of amides is 1. The molecule has 0 saturated heterocycles. The van der Waals surface area contributed by atoms with E-state index in [1.165, 1.54) is 10.8 Å². The number of aryl methyl sites for hydroxylation is 2. The Balaban J connectivity index is 1.95. The molecule has 1 saturated carbocycles. The molecule has 2 N–H and O–H groups in total. The van der Waals surface area contributed by atoms with Crippen LogP contribution >= 0.6 is 11.6 Å². The van der Waals surface area contributed by atoms with Gasteiger partial charge in [0.25, 0.3) is 0 Å². The Morgan fingerprint density at radius 3 is 2.65 bits per heavy atom. The first-order valence-corrected chi connectivity index (χ1v) is 6.62. The van der Waals surface area contributed by atoms with Crippen molar-refractivity contribution in [1.82, 2.24) is 15.1 Å². The third-order valence-corrected chi connectivity index (χ3v) is 3.95. The van der Waals surface area contributed by atoms with Crippen molar-refractivity contribution in [3.8, 4) is 0 Å². The fraction of sp³-hybridized carbons (Fsp3) is 0.462. The molecule has 1 aliphatic rings. The van der Waals surface area contributed by atoms with Crippen molar-refractivity contribution in [2.45, 2.75) is 19.8 Å². The third kappa shape index (κ3) is 2.85. The number of carboxylic acids is 1. The van der Waals surface area contributed by atoms with Gasteiger partial charge in [-0.1, -0.05) is 11.6 Å². The number of aromatic nitrogens is 2. The summed E-state index contributed by atoms with van der Waals surface area (Å²) in [5.41, 5.74) is 0.653. The number of hydrogen-bond acceptors (Lipinski definition) is 3. The zero-order chi connectivity index (χ0) is 14.9. The zero-order valence-corrected chi connectivity index (χ0v) is 12.1. The molecule has 0 aromatic carbocycles.